The molecule has 0 radical (unpaired) electrons. The Bertz CT molecular complexity index is 53.6. The van der Waals surface area contributed by atoms with Crippen molar-refractivity contribution in [1.29, 1.82) is 0 Å². The summed E-state index contributed by atoms with van der Waals surface area (Å²) in [7, 11) is 1.84. The molecular weight excluding hydrogens is 102 g/mol. The van der Waals surface area contributed by atoms with Crippen molar-refractivity contribution in [3.63, 3.8) is 0 Å². The summed E-state index contributed by atoms with van der Waals surface area (Å²) in [4.78, 5) is 0. The summed E-state index contributed by atoms with van der Waals surface area (Å²) in [5, 5.41) is 1.65. The van der Waals surface area contributed by atoms with Crippen LogP contribution in [0.3, 0.4) is 0 Å². The maximum absolute atomic E-state index is 5.35. The van der Waals surface area contributed by atoms with E-state index in [1.54, 1.807) is 5.01 Å². The van der Waals surface area contributed by atoms with E-state index >= 15 is 0 Å². The number of hydrogen-bond acceptors (Lipinski definition) is 3. The van der Waals surface area contributed by atoms with E-state index in [1.165, 1.54) is 0 Å². The third-order valence-corrected chi connectivity index (χ3v) is 1.00. The minimum atomic E-state index is 0.505. The Morgan fingerprint density at radius 1 is 1.62 bits per heavy atom. The lowest BCUT2D eigenvalue weighted by Gasteiger charge is -2.13. The average Bonchev–Trinajstić information content (AvgIpc) is 1.65. The zero-order valence-corrected chi connectivity index (χ0v) is 5.59. The maximum atomic E-state index is 5.35. The maximum Gasteiger partial charge on any atom is 0.0163 e. The van der Waals surface area contributed by atoms with Crippen LogP contribution in [0.4, 0.5) is 0 Å². The quantitative estimate of drug-likeness (QED) is 0.383. The van der Waals surface area contributed by atoms with Gasteiger partial charge in [0.1, 0.15) is 0 Å². The largest absolute Gasteiger partial charge is 0.330 e. The fraction of sp³-hybridized carbons (Fsp3) is 1.00. The molecule has 0 saturated carbocycles. The highest BCUT2D eigenvalue weighted by Gasteiger charge is 1.98. The number of hydrazine groups is 1. The molecule has 50 valence electrons. The minimum absolute atomic E-state index is 0.505. The third-order valence-electron chi connectivity index (χ3n) is 1.00. The molecule has 0 rings (SSSR count). The molecule has 0 aliphatic heterocycles. The molecule has 0 amide bonds. The van der Waals surface area contributed by atoms with Gasteiger partial charge in [-0.2, -0.15) is 0 Å². The molecule has 0 heterocycles. The van der Waals surface area contributed by atoms with Gasteiger partial charge in [0.25, 0.3) is 0 Å². The summed E-state index contributed by atoms with van der Waals surface area (Å²) in [5.74, 6) is 5.85. The highest BCUT2D eigenvalue weighted by atomic mass is 15.4. The summed E-state index contributed by atoms with van der Waals surface area (Å²) < 4.78 is 0. The van der Waals surface area contributed by atoms with Crippen LogP contribution in [0, 0.1) is 5.92 Å². The first-order valence-electron chi connectivity index (χ1n) is 2.82. The van der Waals surface area contributed by atoms with Crippen LogP contribution in [0.15, 0.2) is 0 Å². The van der Waals surface area contributed by atoms with E-state index in [0.717, 1.165) is 6.54 Å². The highest BCUT2D eigenvalue weighted by molar-refractivity contribution is 4.53. The topological polar surface area (TPSA) is 55.3 Å². The van der Waals surface area contributed by atoms with Crippen molar-refractivity contribution >= 4 is 0 Å². The van der Waals surface area contributed by atoms with Gasteiger partial charge in [-0.25, -0.2) is 5.01 Å². The minimum Gasteiger partial charge on any atom is -0.330 e. The van der Waals surface area contributed by atoms with E-state index < -0.39 is 0 Å². The van der Waals surface area contributed by atoms with Gasteiger partial charge in [-0.05, 0) is 12.5 Å². The van der Waals surface area contributed by atoms with Gasteiger partial charge >= 0.3 is 0 Å². The van der Waals surface area contributed by atoms with Gasteiger partial charge in [-0.3, -0.25) is 5.84 Å². The lowest BCUT2D eigenvalue weighted by Crippen LogP contribution is -2.33. The Balaban J connectivity index is 3.10. The van der Waals surface area contributed by atoms with Crippen LogP contribution in [0.1, 0.15) is 6.92 Å². The van der Waals surface area contributed by atoms with Crippen molar-refractivity contribution in [2.45, 2.75) is 6.92 Å². The van der Waals surface area contributed by atoms with Gasteiger partial charge in [0.15, 0.2) is 0 Å². The highest BCUT2D eigenvalue weighted by Crippen LogP contribution is 1.89. The Morgan fingerprint density at radius 2 is 2.12 bits per heavy atom. The first kappa shape index (κ1) is 7.88. The zero-order valence-electron chi connectivity index (χ0n) is 5.59. The van der Waals surface area contributed by atoms with Crippen LogP contribution in [-0.2, 0) is 0 Å². The van der Waals surface area contributed by atoms with Crippen LogP contribution in [0.25, 0.3) is 0 Å². The molecular formula is C5H15N3. The lowest BCUT2D eigenvalue weighted by molar-refractivity contribution is 0.299. The second kappa shape index (κ2) is 3.83. The first-order chi connectivity index (χ1) is 3.66. The molecule has 0 aliphatic carbocycles. The normalized spacial score (nSPS) is 14.6. The zero-order chi connectivity index (χ0) is 6.57. The van der Waals surface area contributed by atoms with Crippen LogP contribution >= 0.6 is 0 Å². The summed E-state index contributed by atoms with van der Waals surface area (Å²) in [6.07, 6.45) is 0. The molecule has 0 aliphatic rings. The van der Waals surface area contributed by atoms with Gasteiger partial charge in [0.05, 0.1) is 0 Å². The number of hydrogen-bond donors (Lipinski definition) is 2. The van der Waals surface area contributed by atoms with E-state index in [2.05, 4.69) is 6.92 Å². The van der Waals surface area contributed by atoms with E-state index in [1.807, 2.05) is 7.05 Å². The Kier molecular flexibility index (Phi) is 3.77. The summed E-state index contributed by atoms with van der Waals surface area (Å²) >= 11 is 0. The number of nitrogens with two attached hydrogens (primary N) is 2. The van der Waals surface area contributed by atoms with Crippen LogP contribution in [0.5, 0.6) is 0 Å². The van der Waals surface area contributed by atoms with Crippen LogP contribution in [-0.4, -0.2) is 25.1 Å². The molecule has 1 unspecified atom stereocenters. The summed E-state index contributed by atoms with van der Waals surface area (Å²) in [6.45, 7) is 3.65. The molecule has 1 atom stereocenters. The van der Waals surface area contributed by atoms with Crippen molar-refractivity contribution < 1.29 is 0 Å². The first-order valence-corrected chi connectivity index (χ1v) is 2.82. The Hall–Kier alpha value is -0.120. The van der Waals surface area contributed by atoms with Crippen LogP contribution < -0.4 is 11.6 Å². The molecule has 0 bridgehead atoms. The standard InChI is InChI=1S/C5H15N3/c1-5(3-6)4-8(2)7/h5H,3-4,6-7H2,1-2H3. The molecule has 8 heavy (non-hydrogen) atoms. The molecule has 0 aromatic carbocycles. The van der Waals surface area contributed by atoms with Crippen LogP contribution in [0.2, 0.25) is 0 Å². The lowest BCUT2D eigenvalue weighted by atomic mass is 10.2. The fourth-order valence-electron chi connectivity index (χ4n) is 0.566. The van der Waals surface area contributed by atoms with Gasteiger partial charge in [0.2, 0.25) is 0 Å². The molecule has 0 aromatic rings. The molecule has 0 spiro atoms. The average molecular weight is 117 g/mol. The van der Waals surface area contributed by atoms with E-state index in [9.17, 15) is 0 Å². The second-order valence-electron chi connectivity index (χ2n) is 2.28. The third kappa shape index (κ3) is 4.05. The summed E-state index contributed by atoms with van der Waals surface area (Å²) in [6, 6.07) is 0. The van der Waals surface area contributed by atoms with Gasteiger partial charge in [0, 0.05) is 13.6 Å². The van der Waals surface area contributed by atoms with E-state index in [4.69, 9.17) is 11.6 Å². The smallest absolute Gasteiger partial charge is 0.0163 e. The summed E-state index contributed by atoms with van der Waals surface area (Å²) in [5.41, 5.74) is 5.34. The molecule has 3 heteroatoms. The van der Waals surface area contributed by atoms with E-state index in [-0.39, 0.29) is 0 Å². The van der Waals surface area contributed by atoms with E-state index in [0.29, 0.717) is 12.5 Å². The van der Waals surface area contributed by atoms with Crippen molar-refractivity contribution in [2.75, 3.05) is 20.1 Å². The number of rotatable bonds is 3. The monoisotopic (exact) mass is 117 g/mol. The van der Waals surface area contributed by atoms with Crippen molar-refractivity contribution in [1.82, 2.24) is 5.01 Å². The molecule has 0 aromatic heterocycles. The Labute approximate surface area is 50.6 Å². The molecule has 0 fully saturated rings. The van der Waals surface area contributed by atoms with Crippen molar-refractivity contribution in [2.24, 2.45) is 17.5 Å². The van der Waals surface area contributed by atoms with Crippen molar-refractivity contribution in [3.8, 4) is 0 Å². The Morgan fingerprint density at radius 3 is 2.25 bits per heavy atom. The second-order valence-corrected chi connectivity index (χ2v) is 2.28. The fourth-order valence-corrected chi connectivity index (χ4v) is 0.566. The van der Waals surface area contributed by atoms with Gasteiger partial charge < -0.3 is 5.73 Å². The number of nitrogens with zero attached hydrogens (tertiary/aromatic N) is 1. The molecule has 3 nitrogen and oxygen atoms in total. The SMILES string of the molecule is CC(CN)CN(C)N. The van der Waals surface area contributed by atoms with Gasteiger partial charge in [-0.1, -0.05) is 6.92 Å². The van der Waals surface area contributed by atoms with Crippen molar-refractivity contribution in [3.05, 3.63) is 0 Å². The predicted octanol–water partition coefficient (Wildman–Crippen LogP) is -0.613. The molecule has 0 saturated heterocycles. The predicted molar refractivity (Wildman–Crippen MR) is 35.0 cm³/mol. The molecule has 4 N–H and O–H groups in total. The van der Waals surface area contributed by atoms with Gasteiger partial charge in [-0.15, -0.1) is 0 Å².